The second-order valence-electron chi connectivity index (χ2n) is 10.5. The minimum atomic E-state index is -0.636. The summed E-state index contributed by atoms with van der Waals surface area (Å²) in [6.07, 6.45) is 8.78. The van der Waals surface area contributed by atoms with Gasteiger partial charge in [-0.2, -0.15) is 0 Å². The fourth-order valence-corrected chi connectivity index (χ4v) is 8.54. The number of nitrogens with zero attached hydrogens (tertiary/aromatic N) is 2. The van der Waals surface area contributed by atoms with Crippen molar-refractivity contribution < 1.29 is 24.2 Å². The van der Waals surface area contributed by atoms with E-state index in [9.17, 15) is 19.5 Å². The average molecular weight is 507 g/mol. The fourth-order valence-electron chi connectivity index (χ4n) is 6.20. The van der Waals surface area contributed by atoms with Crippen molar-refractivity contribution >= 4 is 29.5 Å². The van der Waals surface area contributed by atoms with Gasteiger partial charge in [0.1, 0.15) is 6.04 Å². The van der Waals surface area contributed by atoms with E-state index in [1.165, 1.54) is 0 Å². The van der Waals surface area contributed by atoms with Crippen LogP contribution in [0.15, 0.2) is 25.3 Å². The van der Waals surface area contributed by atoms with Crippen molar-refractivity contribution in [3.63, 3.8) is 0 Å². The quantitative estimate of drug-likeness (QED) is 0.220. The Hall–Kier alpha value is -1.80. The van der Waals surface area contributed by atoms with Crippen LogP contribution in [0.1, 0.15) is 65.7 Å². The number of hydrogen-bond acceptors (Lipinski definition) is 6. The lowest BCUT2D eigenvalue weighted by atomic mass is 9.66. The first-order chi connectivity index (χ1) is 16.7. The highest BCUT2D eigenvalue weighted by Crippen LogP contribution is 2.71. The molecule has 196 valence electrons. The Kier molecular flexibility index (Phi) is 9.13. The van der Waals surface area contributed by atoms with Crippen LogP contribution in [-0.2, 0) is 19.1 Å². The van der Waals surface area contributed by atoms with Gasteiger partial charge in [0, 0.05) is 30.5 Å². The van der Waals surface area contributed by atoms with Gasteiger partial charge < -0.3 is 19.6 Å². The van der Waals surface area contributed by atoms with E-state index in [0.717, 1.165) is 32.1 Å². The molecule has 0 radical (unpaired) electrons. The van der Waals surface area contributed by atoms with Gasteiger partial charge in [-0.25, -0.2) is 0 Å². The zero-order chi connectivity index (χ0) is 25.8. The number of aliphatic hydroxyl groups excluding tert-OH is 1. The second kappa shape index (κ2) is 11.5. The molecule has 1 N–H and O–H groups in total. The van der Waals surface area contributed by atoms with Crippen LogP contribution in [0.2, 0.25) is 0 Å². The number of ether oxygens (including phenoxy) is 1. The van der Waals surface area contributed by atoms with E-state index >= 15 is 0 Å². The number of hydrogen-bond donors (Lipinski definition) is 1. The highest BCUT2D eigenvalue weighted by Gasteiger charge is 2.77. The average Bonchev–Trinajstić information content (AvgIpc) is 3.38. The molecular weight excluding hydrogens is 464 g/mol. The van der Waals surface area contributed by atoms with Crippen molar-refractivity contribution in [2.75, 3.05) is 26.3 Å². The molecule has 8 heteroatoms. The maximum atomic E-state index is 14.0. The van der Waals surface area contributed by atoms with E-state index < -0.39 is 27.4 Å². The number of carbonyl (C=O) groups excluding carboxylic acids is 3. The first-order valence-corrected chi connectivity index (χ1v) is 13.8. The summed E-state index contributed by atoms with van der Waals surface area (Å²) in [6, 6.07) is -0.667. The minimum absolute atomic E-state index is 0.0391. The van der Waals surface area contributed by atoms with E-state index in [-0.39, 0.29) is 30.4 Å². The molecule has 0 aromatic heterocycles. The number of rotatable bonds is 14. The molecule has 0 aliphatic carbocycles. The zero-order valence-electron chi connectivity index (χ0n) is 21.5. The zero-order valence-corrected chi connectivity index (χ0v) is 22.4. The molecule has 3 heterocycles. The smallest absolute Gasteiger partial charge is 0.311 e. The van der Waals surface area contributed by atoms with Crippen LogP contribution in [0.5, 0.6) is 0 Å². The molecule has 3 saturated heterocycles. The summed E-state index contributed by atoms with van der Waals surface area (Å²) in [5.41, 5.74) is 0. The Bertz CT molecular complexity index is 832. The van der Waals surface area contributed by atoms with Gasteiger partial charge in [0.15, 0.2) is 0 Å². The monoisotopic (exact) mass is 506 g/mol. The van der Waals surface area contributed by atoms with Crippen LogP contribution in [0.4, 0.5) is 0 Å². The first kappa shape index (κ1) is 27.8. The molecule has 3 aliphatic heterocycles. The van der Waals surface area contributed by atoms with E-state index in [4.69, 9.17) is 4.74 Å². The lowest BCUT2D eigenvalue weighted by Crippen LogP contribution is -2.56. The molecule has 3 aliphatic rings. The maximum absolute atomic E-state index is 14.0. The van der Waals surface area contributed by atoms with Crippen molar-refractivity contribution in [2.24, 2.45) is 11.8 Å². The highest BCUT2D eigenvalue weighted by molar-refractivity contribution is 8.02. The van der Waals surface area contributed by atoms with Crippen LogP contribution in [-0.4, -0.2) is 80.6 Å². The number of esters is 1. The van der Waals surface area contributed by atoms with E-state index in [1.54, 1.807) is 27.6 Å². The van der Waals surface area contributed by atoms with Gasteiger partial charge in [-0.05, 0) is 65.7 Å². The largest absolute Gasteiger partial charge is 0.465 e. The predicted octanol–water partition coefficient (Wildman–Crippen LogP) is 3.56. The molecule has 0 aromatic rings. The summed E-state index contributed by atoms with van der Waals surface area (Å²) < 4.78 is 4.64. The molecule has 2 bridgehead atoms. The summed E-state index contributed by atoms with van der Waals surface area (Å²) in [7, 11) is 0. The Morgan fingerprint density at radius 2 is 1.97 bits per heavy atom. The lowest BCUT2D eigenvalue weighted by Gasteiger charge is -2.38. The Morgan fingerprint density at radius 3 is 2.60 bits per heavy atom. The molecule has 35 heavy (non-hydrogen) atoms. The molecule has 0 aromatic carbocycles. The Balaban J connectivity index is 1.93. The van der Waals surface area contributed by atoms with Gasteiger partial charge in [-0.1, -0.05) is 12.2 Å². The van der Waals surface area contributed by atoms with Gasteiger partial charge in [0.25, 0.3) is 0 Å². The summed E-state index contributed by atoms with van der Waals surface area (Å²) in [4.78, 5) is 44.9. The third kappa shape index (κ3) is 5.06. The number of aliphatic hydroxyl groups is 1. The molecular formula is C27H42N2O5S. The number of carbonyl (C=O) groups is 3. The van der Waals surface area contributed by atoms with Crippen LogP contribution in [0, 0.1) is 11.8 Å². The molecule has 2 unspecified atom stereocenters. The summed E-state index contributed by atoms with van der Waals surface area (Å²) >= 11 is 1.67. The standard InChI is InChI=1S/C27H42N2O5S/c1-6-8-9-12-18-34-25(33)21-20-23(31)29(16-10-11-17-30)22(24(32)28(15-7-2)19(3)4)27(20)14-13-26(21,5)35-27/h6-7,19-22,30H,1-2,8-18H2,3-5H3/t20-,21-,22?,26+,27?/m0/s1. The van der Waals surface area contributed by atoms with Crippen molar-refractivity contribution in [1.82, 2.24) is 9.80 Å². The number of unbranched alkanes of at least 4 members (excludes halogenated alkanes) is 3. The molecule has 5 atom stereocenters. The topological polar surface area (TPSA) is 87.1 Å². The molecule has 3 rings (SSSR count). The highest BCUT2D eigenvalue weighted by atomic mass is 32.2. The van der Waals surface area contributed by atoms with Crippen molar-refractivity contribution in [3.05, 3.63) is 25.3 Å². The van der Waals surface area contributed by atoms with Crippen LogP contribution < -0.4 is 0 Å². The first-order valence-electron chi connectivity index (χ1n) is 13.0. The predicted molar refractivity (Wildman–Crippen MR) is 139 cm³/mol. The summed E-state index contributed by atoms with van der Waals surface area (Å²) in [5.74, 6) is -1.62. The van der Waals surface area contributed by atoms with Crippen LogP contribution in [0.3, 0.4) is 0 Å². The Labute approximate surface area is 214 Å². The van der Waals surface area contributed by atoms with Gasteiger partial charge in [0.2, 0.25) is 11.8 Å². The molecule has 1 spiro atoms. The Morgan fingerprint density at radius 1 is 1.23 bits per heavy atom. The normalized spacial score (nSPS) is 31.1. The number of amides is 2. The number of fused-ring (bicyclic) bond motifs is 1. The van der Waals surface area contributed by atoms with Crippen molar-refractivity contribution in [2.45, 2.75) is 87.3 Å². The van der Waals surface area contributed by atoms with Crippen LogP contribution >= 0.6 is 11.8 Å². The maximum Gasteiger partial charge on any atom is 0.311 e. The summed E-state index contributed by atoms with van der Waals surface area (Å²) in [6.45, 7) is 14.7. The van der Waals surface area contributed by atoms with E-state index in [2.05, 4.69) is 20.1 Å². The van der Waals surface area contributed by atoms with Gasteiger partial charge >= 0.3 is 5.97 Å². The van der Waals surface area contributed by atoms with Gasteiger partial charge in [0.05, 0.1) is 23.2 Å². The third-order valence-corrected chi connectivity index (χ3v) is 9.84. The van der Waals surface area contributed by atoms with E-state index in [1.807, 2.05) is 19.9 Å². The van der Waals surface area contributed by atoms with E-state index in [0.29, 0.717) is 32.5 Å². The fraction of sp³-hybridized carbons (Fsp3) is 0.741. The second-order valence-corrected chi connectivity index (χ2v) is 12.4. The van der Waals surface area contributed by atoms with Gasteiger partial charge in [-0.3, -0.25) is 14.4 Å². The number of thioether (sulfide) groups is 1. The molecule has 3 fully saturated rings. The number of allylic oxidation sites excluding steroid dienone is 1. The minimum Gasteiger partial charge on any atom is -0.465 e. The van der Waals surface area contributed by atoms with Crippen molar-refractivity contribution in [1.29, 1.82) is 0 Å². The van der Waals surface area contributed by atoms with Crippen molar-refractivity contribution in [3.8, 4) is 0 Å². The molecule has 2 amide bonds. The molecule has 7 nitrogen and oxygen atoms in total. The SMILES string of the molecule is C=CCCCCOC(=O)[C@@H]1[C@H]2C(=O)N(CCCCO)C(C(=O)N(CC=C)C(C)C)C23CC[C@@]1(C)S3. The number of likely N-dealkylation sites (tertiary alicyclic amines) is 1. The van der Waals surface area contributed by atoms with Crippen LogP contribution in [0.25, 0.3) is 0 Å². The molecule has 0 saturated carbocycles. The summed E-state index contributed by atoms with van der Waals surface area (Å²) in [5, 5.41) is 9.30. The third-order valence-electron chi connectivity index (χ3n) is 7.85. The lowest BCUT2D eigenvalue weighted by molar-refractivity contribution is -0.155. The van der Waals surface area contributed by atoms with Gasteiger partial charge in [-0.15, -0.1) is 24.9 Å².